The molecule has 2 nitrogen and oxygen atoms in total. The lowest BCUT2D eigenvalue weighted by Crippen LogP contribution is -2.45. The van der Waals surface area contributed by atoms with Crippen molar-refractivity contribution < 1.29 is 13.6 Å². The topological polar surface area (TPSA) is 29.1 Å². The van der Waals surface area contributed by atoms with Gasteiger partial charge in [-0.2, -0.15) is 0 Å². The fourth-order valence-corrected chi connectivity index (χ4v) is 1.65. The molecule has 4 heteroatoms. The van der Waals surface area contributed by atoms with Crippen molar-refractivity contribution in [3.63, 3.8) is 0 Å². The van der Waals surface area contributed by atoms with E-state index in [4.69, 9.17) is 0 Å². The highest BCUT2D eigenvalue weighted by Crippen LogP contribution is 2.25. The van der Waals surface area contributed by atoms with Gasteiger partial charge >= 0.3 is 0 Å². The van der Waals surface area contributed by atoms with Gasteiger partial charge < -0.3 is 5.32 Å². The van der Waals surface area contributed by atoms with Crippen LogP contribution in [0.3, 0.4) is 0 Å². The van der Waals surface area contributed by atoms with Gasteiger partial charge in [0.25, 0.3) is 5.92 Å². The Hall–Kier alpha value is -0.670. The summed E-state index contributed by atoms with van der Waals surface area (Å²) in [4.78, 5) is 11.5. The zero-order valence-corrected chi connectivity index (χ0v) is 8.65. The molecule has 0 bridgehead atoms. The summed E-state index contributed by atoms with van der Waals surface area (Å²) in [7, 11) is 0. The Bertz CT molecular complexity index is 207. The van der Waals surface area contributed by atoms with E-state index in [-0.39, 0.29) is 11.8 Å². The van der Waals surface area contributed by atoms with Crippen LogP contribution in [0.1, 0.15) is 39.5 Å². The molecule has 1 N–H and O–H groups in total. The van der Waals surface area contributed by atoms with Gasteiger partial charge in [-0.25, -0.2) is 8.78 Å². The Labute approximate surface area is 83.1 Å². The largest absolute Gasteiger partial charge is 0.347 e. The third kappa shape index (κ3) is 2.93. The standard InChI is InChI=1S/C10H17F2NO/c1-7(10(2,11)12)13-9(14)8-5-3-4-6-8/h7-8H,3-6H2,1-2H3,(H,13,14)/t7-/m0/s1. The molecule has 1 saturated carbocycles. The van der Waals surface area contributed by atoms with Gasteiger partial charge in [-0.3, -0.25) is 4.79 Å². The fraction of sp³-hybridized carbons (Fsp3) is 0.900. The predicted octanol–water partition coefficient (Wildman–Crippen LogP) is 2.34. The average molecular weight is 205 g/mol. The zero-order chi connectivity index (χ0) is 10.8. The smallest absolute Gasteiger partial charge is 0.264 e. The molecule has 82 valence electrons. The van der Waals surface area contributed by atoms with Gasteiger partial charge in [-0.05, 0) is 19.8 Å². The number of halogens is 2. The Morgan fingerprint density at radius 1 is 1.43 bits per heavy atom. The average Bonchev–Trinajstić information content (AvgIpc) is 2.53. The highest BCUT2D eigenvalue weighted by Gasteiger charge is 2.33. The fourth-order valence-electron chi connectivity index (χ4n) is 1.65. The van der Waals surface area contributed by atoms with Crippen LogP contribution in [0.4, 0.5) is 8.78 Å². The van der Waals surface area contributed by atoms with Crippen LogP contribution in [0.2, 0.25) is 0 Å². The lowest BCUT2D eigenvalue weighted by Gasteiger charge is -2.22. The van der Waals surface area contributed by atoms with Crippen LogP contribution in [-0.4, -0.2) is 17.9 Å². The van der Waals surface area contributed by atoms with Crippen molar-refractivity contribution in [1.82, 2.24) is 5.32 Å². The first-order valence-corrected chi connectivity index (χ1v) is 5.09. The van der Waals surface area contributed by atoms with E-state index in [1.165, 1.54) is 6.92 Å². The molecule has 1 aliphatic carbocycles. The number of carbonyl (C=O) groups excluding carboxylic acids is 1. The van der Waals surface area contributed by atoms with E-state index in [9.17, 15) is 13.6 Å². The first-order chi connectivity index (χ1) is 6.41. The lowest BCUT2D eigenvalue weighted by molar-refractivity contribution is -0.128. The van der Waals surface area contributed by atoms with Crippen LogP contribution < -0.4 is 5.32 Å². The Kier molecular flexibility index (Phi) is 3.45. The van der Waals surface area contributed by atoms with Crippen molar-refractivity contribution in [3.05, 3.63) is 0 Å². The molecule has 1 atom stereocenters. The molecule has 0 saturated heterocycles. The van der Waals surface area contributed by atoms with Crippen molar-refractivity contribution in [2.75, 3.05) is 0 Å². The maximum atomic E-state index is 12.7. The van der Waals surface area contributed by atoms with E-state index >= 15 is 0 Å². The van der Waals surface area contributed by atoms with E-state index in [2.05, 4.69) is 5.32 Å². The van der Waals surface area contributed by atoms with Crippen LogP contribution in [0.15, 0.2) is 0 Å². The molecular formula is C10H17F2NO. The molecule has 1 amide bonds. The summed E-state index contributed by atoms with van der Waals surface area (Å²) in [5, 5.41) is 2.37. The van der Waals surface area contributed by atoms with E-state index < -0.39 is 12.0 Å². The van der Waals surface area contributed by atoms with Gasteiger partial charge in [-0.1, -0.05) is 12.8 Å². The van der Waals surface area contributed by atoms with Crippen LogP contribution >= 0.6 is 0 Å². The van der Waals surface area contributed by atoms with E-state index in [0.717, 1.165) is 32.6 Å². The highest BCUT2D eigenvalue weighted by molar-refractivity contribution is 5.79. The van der Waals surface area contributed by atoms with E-state index in [1.54, 1.807) is 0 Å². The summed E-state index contributed by atoms with van der Waals surface area (Å²) in [5.41, 5.74) is 0. The summed E-state index contributed by atoms with van der Waals surface area (Å²) in [6, 6.07) is -1.07. The van der Waals surface area contributed by atoms with Crippen LogP contribution in [0.25, 0.3) is 0 Å². The molecule has 0 aromatic heterocycles. The van der Waals surface area contributed by atoms with Gasteiger partial charge in [0, 0.05) is 12.8 Å². The Morgan fingerprint density at radius 2 is 1.93 bits per heavy atom. The molecule has 0 aromatic rings. The minimum absolute atomic E-state index is 0.0419. The number of nitrogens with one attached hydrogen (secondary N) is 1. The molecule has 14 heavy (non-hydrogen) atoms. The van der Waals surface area contributed by atoms with Gasteiger partial charge in [0.15, 0.2) is 0 Å². The Balaban J connectivity index is 2.40. The zero-order valence-electron chi connectivity index (χ0n) is 8.65. The second-order valence-electron chi connectivity index (χ2n) is 4.17. The molecule has 0 heterocycles. The first-order valence-electron chi connectivity index (χ1n) is 5.09. The normalized spacial score (nSPS) is 20.9. The number of alkyl halides is 2. The monoisotopic (exact) mass is 205 g/mol. The predicted molar refractivity (Wildman–Crippen MR) is 50.2 cm³/mol. The summed E-state index contributed by atoms with van der Waals surface area (Å²) in [6.07, 6.45) is 3.76. The molecule has 0 spiro atoms. The quantitative estimate of drug-likeness (QED) is 0.752. The van der Waals surface area contributed by atoms with Gasteiger partial charge in [-0.15, -0.1) is 0 Å². The number of hydrogen-bond acceptors (Lipinski definition) is 1. The highest BCUT2D eigenvalue weighted by atomic mass is 19.3. The summed E-state index contributed by atoms with van der Waals surface area (Å²) in [5.74, 6) is -3.09. The van der Waals surface area contributed by atoms with Crippen molar-refractivity contribution in [1.29, 1.82) is 0 Å². The van der Waals surface area contributed by atoms with Gasteiger partial charge in [0.1, 0.15) is 0 Å². The summed E-state index contributed by atoms with van der Waals surface area (Å²) < 4.78 is 25.5. The second-order valence-corrected chi connectivity index (χ2v) is 4.17. The van der Waals surface area contributed by atoms with E-state index in [1.807, 2.05) is 0 Å². The molecule has 0 aliphatic heterocycles. The third-order valence-electron chi connectivity index (χ3n) is 2.85. The molecule has 1 aliphatic rings. The summed E-state index contributed by atoms with van der Waals surface area (Å²) in [6.45, 7) is 2.17. The van der Waals surface area contributed by atoms with Crippen LogP contribution in [-0.2, 0) is 4.79 Å². The molecule has 1 fully saturated rings. The summed E-state index contributed by atoms with van der Waals surface area (Å²) >= 11 is 0. The van der Waals surface area contributed by atoms with Crippen molar-refractivity contribution in [3.8, 4) is 0 Å². The van der Waals surface area contributed by atoms with Gasteiger partial charge in [0.05, 0.1) is 6.04 Å². The number of amides is 1. The molecule has 0 radical (unpaired) electrons. The number of rotatable bonds is 3. The first kappa shape index (κ1) is 11.4. The molecule has 1 rings (SSSR count). The van der Waals surface area contributed by atoms with Crippen LogP contribution in [0.5, 0.6) is 0 Å². The van der Waals surface area contributed by atoms with Crippen molar-refractivity contribution in [2.24, 2.45) is 5.92 Å². The van der Waals surface area contributed by atoms with Crippen molar-refractivity contribution in [2.45, 2.75) is 51.5 Å². The maximum absolute atomic E-state index is 12.7. The molecule has 0 unspecified atom stereocenters. The lowest BCUT2D eigenvalue weighted by atomic mass is 10.1. The number of hydrogen-bond donors (Lipinski definition) is 1. The minimum atomic E-state index is -2.84. The Morgan fingerprint density at radius 3 is 2.36 bits per heavy atom. The minimum Gasteiger partial charge on any atom is -0.347 e. The van der Waals surface area contributed by atoms with Crippen molar-refractivity contribution >= 4 is 5.91 Å². The van der Waals surface area contributed by atoms with E-state index in [0.29, 0.717) is 0 Å². The van der Waals surface area contributed by atoms with Gasteiger partial charge in [0.2, 0.25) is 5.91 Å². The molecule has 0 aromatic carbocycles. The maximum Gasteiger partial charge on any atom is 0.264 e. The third-order valence-corrected chi connectivity index (χ3v) is 2.85. The molecular weight excluding hydrogens is 188 g/mol. The second kappa shape index (κ2) is 4.24. The van der Waals surface area contributed by atoms with Crippen LogP contribution in [0, 0.1) is 5.92 Å². The SMILES string of the molecule is C[C@H](NC(=O)C1CCCC1)C(C)(F)F. The number of carbonyl (C=O) groups is 1.